The molecule has 0 amide bonds. The van der Waals surface area contributed by atoms with Crippen LogP contribution in [0, 0.1) is 0 Å². The maximum absolute atomic E-state index is 5.11. The molecule has 1 aliphatic rings. The van der Waals surface area contributed by atoms with Crippen molar-refractivity contribution in [1.29, 1.82) is 0 Å². The summed E-state index contributed by atoms with van der Waals surface area (Å²) in [5.41, 5.74) is 7.40. The van der Waals surface area contributed by atoms with Gasteiger partial charge in [0, 0.05) is 22.6 Å². The van der Waals surface area contributed by atoms with Gasteiger partial charge in [0.2, 0.25) is 0 Å². The summed E-state index contributed by atoms with van der Waals surface area (Å²) in [5, 5.41) is 7.02. The van der Waals surface area contributed by atoms with Gasteiger partial charge in [0.05, 0.1) is 6.17 Å². The van der Waals surface area contributed by atoms with Gasteiger partial charge in [-0.25, -0.2) is 5.43 Å². The molecule has 4 N–H and O–H groups in total. The van der Waals surface area contributed by atoms with Crippen LogP contribution < -0.4 is 21.5 Å². The Labute approximate surface area is 115 Å². The average molecular weight is 315 g/mol. The number of rotatable bonds is 3. The van der Waals surface area contributed by atoms with Crippen molar-refractivity contribution < 1.29 is 0 Å². The highest BCUT2D eigenvalue weighted by atomic mass is 79.9. The summed E-state index contributed by atoms with van der Waals surface area (Å²) >= 11 is 8.51. The van der Waals surface area contributed by atoms with E-state index in [1.165, 1.54) is 0 Å². The van der Waals surface area contributed by atoms with Gasteiger partial charge in [0.15, 0.2) is 5.11 Å². The summed E-state index contributed by atoms with van der Waals surface area (Å²) in [5.74, 6) is 0. The van der Waals surface area contributed by atoms with Gasteiger partial charge in [-0.3, -0.25) is 0 Å². The number of halogens is 1. The van der Waals surface area contributed by atoms with Gasteiger partial charge >= 0.3 is 0 Å². The third-order valence-electron chi connectivity index (χ3n) is 2.51. The molecule has 2 rings (SSSR count). The van der Waals surface area contributed by atoms with Crippen LogP contribution in [0.2, 0.25) is 0 Å². The van der Waals surface area contributed by atoms with Gasteiger partial charge in [0.1, 0.15) is 0 Å². The van der Waals surface area contributed by atoms with E-state index < -0.39 is 0 Å². The van der Waals surface area contributed by atoms with Crippen LogP contribution in [0.4, 0.5) is 5.69 Å². The highest BCUT2D eigenvalue weighted by molar-refractivity contribution is 9.10. The third kappa shape index (κ3) is 3.83. The fraction of sp³-hybridized carbons (Fsp3) is 0.364. The van der Waals surface area contributed by atoms with Crippen LogP contribution in [0.3, 0.4) is 0 Å². The number of nitrogens with one attached hydrogen (secondary N) is 4. The van der Waals surface area contributed by atoms with Gasteiger partial charge in [-0.15, -0.1) is 0 Å². The lowest BCUT2D eigenvalue weighted by Gasteiger charge is -2.31. The van der Waals surface area contributed by atoms with Gasteiger partial charge in [-0.2, -0.15) is 0 Å². The van der Waals surface area contributed by atoms with Gasteiger partial charge in [-0.05, 0) is 43.4 Å². The van der Waals surface area contributed by atoms with Crippen molar-refractivity contribution in [1.82, 2.24) is 16.1 Å². The Hall–Kier alpha value is -0.850. The molecule has 4 nitrogen and oxygen atoms in total. The summed E-state index contributed by atoms with van der Waals surface area (Å²) in [4.78, 5) is 0. The van der Waals surface area contributed by atoms with E-state index in [9.17, 15) is 0 Å². The van der Waals surface area contributed by atoms with Crippen LogP contribution in [-0.4, -0.2) is 17.3 Å². The second kappa shape index (κ2) is 5.66. The highest BCUT2D eigenvalue weighted by Gasteiger charge is 2.19. The minimum Gasteiger partial charge on any atom is -0.360 e. The molecule has 1 heterocycles. The van der Waals surface area contributed by atoms with Crippen LogP contribution in [0.1, 0.15) is 13.3 Å². The first-order valence-electron chi connectivity index (χ1n) is 5.47. The summed E-state index contributed by atoms with van der Waals surface area (Å²) < 4.78 is 1.07. The fourth-order valence-corrected chi connectivity index (χ4v) is 2.30. The van der Waals surface area contributed by atoms with Crippen LogP contribution in [0.5, 0.6) is 0 Å². The molecule has 0 saturated carbocycles. The molecule has 92 valence electrons. The molecule has 1 aromatic rings. The van der Waals surface area contributed by atoms with E-state index in [1.807, 2.05) is 24.3 Å². The Balaban J connectivity index is 1.85. The zero-order valence-electron chi connectivity index (χ0n) is 9.46. The Morgan fingerprint density at radius 3 is 2.65 bits per heavy atom. The number of benzene rings is 1. The molecule has 1 saturated heterocycles. The van der Waals surface area contributed by atoms with Crippen molar-refractivity contribution >= 4 is 38.9 Å². The van der Waals surface area contributed by atoms with E-state index in [1.54, 1.807) is 0 Å². The Morgan fingerprint density at radius 1 is 1.29 bits per heavy atom. The van der Waals surface area contributed by atoms with Crippen molar-refractivity contribution in [2.45, 2.75) is 25.6 Å². The molecule has 1 fully saturated rings. The number of hydrogen-bond donors (Lipinski definition) is 4. The zero-order valence-corrected chi connectivity index (χ0v) is 11.9. The predicted octanol–water partition coefficient (Wildman–Crippen LogP) is 1.95. The van der Waals surface area contributed by atoms with Crippen LogP contribution in [0.25, 0.3) is 0 Å². The Morgan fingerprint density at radius 2 is 2.00 bits per heavy atom. The van der Waals surface area contributed by atoms with E-state index in [2.05, 4.69) is 44.3 Å². The first-order valence-corrected chi connectivity index (χ1v) is 6.68. The first-order chi connectivity index (χ1) is 8.13. The molecule has 1 aliphatic heterocycles. The molecule has 1 aromatic carbocycles. The summed E-state index contributed by atoms with van der Waals surface area (Å²) in [6, 6.07) is 8.37. The van der Waals surface area contributed by atoms with E-state index in [0.717, 1.165) is 16.6 Å². The highest BCUT2D eigenvalue weighted by Crippen LogP contribution is 2.13. The number of hydrazine groups is 1. The summed E-state index contributed by atoms with van der Waals surface area (Å²) in [6.45, 7) is 2.11. The molecule has 0 unspecified atom stereocenters. The second-order valence-corrected chi connectivity index (χ2v) is 5.41. The van der Waals surface area contributed by atoms with Crippen LogP contribution in [0.15, 0.2) is 28.7 Å². The summed E-state index contributed by atoms with van der Waals surface area (Å²) in [6.07, 6.45) is 1.10. The van der Waals surface area contributed by atoms with Crippen molar-refractivity contribution in [3.8, 4) is 0 Å². The molecule has 6 heteroatoms. The molecule has 2 atom stereocenters. The SMILES string of the molecule is C[C@H]1C[C@@H](NNc2ccc(Br)cc2)NC(=S)N1. The monoisotopic (exact) mass is 314 g/mol. The molecule has 17 heavy (non-hydrogen) atoms. The lowest BCUT2D eigenvalue weighted by Crippen LogP contribution is -2.59. The molecule has 0 spiro atoms. The van der Waals surface area contributed by atoms with E-state index in [-0.39, 0.29) is 6.17 Å². The predicted molar refractivity (Wildman–Crippen MR) is 77.6 cm³/mol. The Bertz CT molecular complexity index is 395. The van der Waals surface area contributed by atoms with E-state index in [4.69, 9.17) is 12.2 Å². The average Bonchev–Trinajstić information content (AvgIpc) is 2.27. The number of thiocarbonyl (C=S) groups is 1. The molecular formula is C11H15BrN4S. The van der Waals surface area contributed by atoms with Crippen molar-refractivity contribution in [2.75, 3.05) is 5.43 Å². The zero-order chi connectivity index (χ0) is 12.3. The second-order valence-electron chi connectivity index (χ2n) is 4.08. The molecular weight excluding hydrogens is 300 g/mol. The van der Waals surface area contributed by atoms with Crippen molar-refractivity contribution in [3.63, 3.8) is 0 Å². The van der Waals surface area contributed by atoms with Crippen LogP contribution >= 0.6 is 28.1 Å². The molecule has 0 bridgehead atoms. The first kappa shape index (κ1) is 12.6. The van der Waals surface area contributed by atoms with E-state index in [0.29, 0.717) is 11.2 Å². The normalized spacial score (nSPS) is 23.8. The van der Waals surface area contributed by atoms with Crippen LogP contribution in [-0.2, 0) is 0 Å². The molecule has 0 aromatic heterocycles. The third-order valence-corrected chi connectivity index (χ3v) is 3.27. The maximum Gasteiger partial charge on any atom is 0.167 e. The minimum atomic E-state index is 0.141. The molecule has 0 aliphatic carbocycles. The van der Waals surface area contributed by atoms with Gasteiger partial charge in [-0.1, -0.05) is 15.9 Å². The maximum atomic E-state index is 5.11. The van der Waals surface area contributed by atoms with E-state index >= 15 is 0 Å². The van der Waals surface area contributed by atoms with Gasteiger partial charge < -0.3 is 16.1 Å². The largest absolute Gasteiger partial charge is 0.360 e. The van der Waals surface area contributed by atoms with Crippen molar-refractivity contribution in [2.24, 2.45) is 0 Å². The summed E-state index contributed by atoms with van der Waals surface area (Å²) in [7, 11) is 0. The topological polar surface area (TPSA) is 48.1 Å². The lowest BCUT2D eigenvalue weighted by molar-refractivity contribution is 0.402. The number of anilines is 1. The van der Waals surface area contributed by atoms with Crippen molar-refractivity contribution in [3.05, 3.63) is 28.7 Å². The minimum absolute atomic E-state index is 0.141. The van der Waals surface area contributed by atoms with Gasteiger partial charge in [0.25, 0.3) is 0 Å². The molecule has 0 radical (unpaired) electrons. The smallest absolute Gasteiger partial charge is 0.167 e. The Kier molecular flexibility index (Phi) is 4.20. The lowest BCUT2D eigenvalue weighted by atomic mass is 10.2. The standard InChI is InChI=1S/C11H15BrN4S/c1-7-6-10(14-11(17)13-7)16-15-9-4-2-8(12)3-5-9/h2-5,7,10,15-16H,6H2,1H3,(H2,13,14,17)/t7-,10+/m0/s1. The quantitative estimate of drug-likeness (QED) is 0.507. The number of hydrogen-bond acceptors (Lipinski definition) is 3. The fourth-order valence-electron chi connectivity index (χ4n) is 1.69.